The van der Waals surface area contributed by atoms with Crippen LogP contribution >= 0.6 is 15.9 Å². The van der Waals surface area contributed by atoms with E-state index in [2.05, 4.69) is 27.7 Å². The van der Waals surface area contributed by atoms with Gasteiger partial charge in [-0.05, 0) is 0 Å². The molecule has 56 valence electrons. The summed E-state index contributed by atoms with van der Waals surface area (Å²) in [6.07, 6.45) is 4.90. The molecule has 2 heteroatoms. The Kier molecular flexibility index (Phi) is 3.81. The van der Waals surface area contributed by atoms with E-state index in [4.69, 9.17) is 0 Å². The summed E-state index contributed by atoms with van der Waals surface area (Å²) >= 11 is 3.18. The average molecular weight is 203 g/mol. The molecule has 0 unspecified atom stereocenters. The normalized spacial score (nSPS) is 18.5. The molecule has 0 aromatic carbocycles. The highest BCUT2D eigenvalue weighted by Crippen LogP contribution is 1.86. The summed E-state index contributed by atoms with van der Waals surface area (Å²) in [5.74, 6) is 0. The molecule has 1 heterocycles. The summed E-state index contributed by atoms with van der Waals surface area (Å²) in [5, 5.41) is 0. The molecule has 0 radical (unpaired) electrons. The maximum atomic E-state index is 3.18. The van der Waals surface area contributed by atoms with Crippen LogP contribution in [0.5, 0.6) is 0 Å². The van der Waals surface area contributed by atoms with Gasteiger partial charge in [0.1, 0.15) is 6.54 Å². The molecule has 1 fully saturated rings. The van der Waals surface area contributed by atoms with Crippen LogP contribution in [-0.4, -0.2) is 19.6 Å². The highest BCUT2D eigenvalue weighted by Gasteiger charge is 2.12. The first kappa shape index (κ1) is 8.06. The monoisotopic (exact) mass is 202 g/mol. The van der Waals surface area contributed by atoms with Crippen molar-refractivity contribution in [3.05, 3.63) is 16.8 Å². The molecule has 1 nitrogen and oxygen atoms in total. The van der Waals surface area contributed by atoms with Crippen molar-refractivity contribution < 1.29 is 4.90 Å². The highest BCUT2D eigenvalue weighted by molar-refractivity contribution is 9.11. The molecular weight excluding hydrogens is 190 g/mol. The molecule has 0 aromatic rings. The van der Waals surface area contributed by atoms with Crippen LogP contribution in [0.1, 0.15) is 12.8 Å². The van der Waals surface area contributed by atoms with Crippen LogP contribution in [-0.2, 0) is 0 Å². The van der Waals surface area contributed by atoms with Crippen LogP contribution in [0.2, 0.25) is 0 Å². The number of rotatable bonds is 2. The topological polar surface area (TPSA) is 4.44 Å². The maximum absolute atomic E-state index is 3.18. The average Bonchev–Trinajstić information content (AvgIpc) is 2.41. The second-order valence-electron chi connectivity index (χ2n) is 2.64. The van der Waals surface area contributed by atoms with Crippen molar-refractivity contribution in [1.29, 1.82) is 0 Å². The Bertz CT molecular complexity index is 141. The van der Waals surface area contributed by atoms with E-state index in [1.807, 2.05) is 0 Å². The SMILES string of the molecule is BrC=C=CC[NH+]1CCCC1. The zero-order valence-electron chi connectivity index (χ0n) is 6.07. The summed E-state index contributed by atoms with van der Waals surface area (Å²) in [4.78, 5) is 3.48. The van der Waals surface area contributed by atoms with E-state index in [1.165, 1.54) is 25.9 Å². The zero-order chi connectivity index (χ0) is 7.23. The first-order valence-electron chi connectivity index (χ1n) is 3.76. The smallest absolute Gasteiger partial charge is 0.103 e. The van der Waals surface area contributed by atoms with Crippen molar-refractivity contribution >= 4 is 15.9 Å². The first-order valence-corrected chi connectivity index (χ1v) is 4.68. The summed E-state index contributed by atoms with van der Waals surface area (Å²) in [6, 6.07) is 0. The van der Waals surface area contributed by atoms with Gasteiger partial charge in [0.2, 0.25) is 0 Å². The predicted molar refractivity (Wildman–Crippen MR) is 46.4 cm³/mol. The van der Waals surface area contributed by atoms with Crippen molar-refractivity contribution in [2.24, 2.45) is 0 Å². The Balaban J connectivity index is 2.18. The molecule has 0 aliphatic carbocycles. The number of nitrogens with one attached hydrogen (secondary N) is 1. The fraction of sp³-hybridized carbons (Fsp3) is 0.625. The van der Waals surface area contributed by atoms with Gasteiger partial charge < -0.3 is 4.90 Å². The Morgan fingerprint density at radius 2 is 2.10 bits per heavy atom. The van der Waals surface area contributed by atoms with Gasteiger partial charge in [-0.2, -0.15) is 0 Å². The summed E-state index contributed by atoms with van der Waals surface area (Å²) in [7, 11) is 0. The van der Waals surface area contributed by atoms with Crippen LogP contribution < -0.4 is 4.90 Å². The molecule has 10 heavy (non-hydrogen) atoms. The maximum Gasteiger partial charge on any atom is 0.103 e. The van der Waals surface area contributed by atoms with Crippen LogP contribution in [0.4, 0.5) is 0 Å². The second kappa shape index (κ2) is 4.73. The minimum Gasteiger partial charge on any atom is -0.331 e. The molecule has 1 N–H and O–H groups in total. The molecule has 1 rings (SSSR count). The van der Waals surface area contributed by atoms with Crippen molar-refractivity contribution in [1.82, 2.24) is 0 Å². The predicted octanol–water partition coefficient (Wildman–Crippen LogP) is 0.729. The van der Waals surface area contributed by atoms with E-state index in [0.717, 1.165) is 6.54 Å². The van der Waals surface area contributed by atoms with E-state index in [-0.39, 0.29) is 0 Å². The Hall–Kier alpha value is -0.0400. The van der Waals surface area contributed by atoms with Crippen LogP contribution in [0.25, 0.3) is 0 Å². The number of hydrogen-bond donors (Lipinski definition) is 1. The summed E-state index contributed by atoms with van der Waals surface area (Å²) < 4.78 is 0. The molecule has 1 saturated heterocycles. The lowest BCUT2D eigenvalue weighted by Crippen LogP contribution is -3.09. The summed E-state index contributed by atoms with van der Waals surface area (Å²) in [6.45, 7) is 3.84. The highest BCUT2D eigenvalue weighted by atomic mass is 79.9. The lowest BCUT2D eigenvalue weighted by Gasteiger charge is -2.06. The van der Waals surface area contributed by atoms with Gasteiger partial charge in [-0.3, -0.25) is 0 Å². The van der Waals surface area contributed by atoms with Crippen LogP contribution in [0.15, 0.2) is 16.8 Å². The van der Waals surface area contributed by atoms with Gasteiger partial charge >= 0.3 is 0 Å². The van der Waals surface area contributed by atoms with E-state index in [0.29, 0.717) is 0 Å². The van der Waals surface area contributed by atoms with E-state index in [1.54, 1.807) is 9.89 Å². The molecular formula is C8H13BrN+. The number of likely N-dealkylation sites (tertiary alicyclic amines) is 1. The number of hydrogen-bond acceptors (Lipinski definition) is 0. The van der Waals surface area contributed by atoms with Crippen molar-refractivity contribution in [2.45, 2.75) is 12.8 Å². The zero-order valence-corrected chi connectivity index (χ0v) is 7.65. The van der Waals surface area contributed by atoms with Crippen LogP contribution in [0.3, 0.4) is 0 Å². The fourth-order valence-corrected chi connectivity index (χ4v) is 1.51. The van der Waals surface area contributed by atoms with E-state index in [9.17, 15) is 0 Å². The largest absolute Gasteiger partial charge is 0.331 e. The van der Waals surface area contributed by atoms with Crippen molar-refractivity contribution in [3.8, 4) is 0 Å². The Morgan fingerprint density at radius 3 is 2.70 bits per heavy atom. The molecule has 0 bridgehead atoms. The van der Waals surface area contributed by atoms with Gasteiger partial charge in [0.25, 0.3) is 0 Å². The Morgan fingerprint density at radius 1 is 1.40 bits per heavy atom. The van der Waals surface area contributed by atoms with Gasteiger partial charge in [0.15, 0.2) is 0 Å². The number of quaternary nitrogens is 1. The quantitative estimate of drug-likeness (QED) is 0.631. The molecule has 0 amide bonds. The van der Waals surface area contributed by atoms with Crippen LogP contribution in [0, 0.1) is 0 Å². The minimum atomic E-state index is 1.14. The summed E-state index contributed by atoms with van der Waals surface area (Å²) in [5.41, 5.74) is 3.02. The minimum absolute atomic E-state index is 1.14. The second-order valence-corrected chi connectivity index (χ2v) is 3.10. The van der Waals surface area contributed by atoms with Gasteiger partial charge in [0.05, 0.1) is 13.1 Å². The van der Waals surface area contributed by atoms with E-state index >= 15 is 0 Å². The Labute approximate surface area is 70.5 Å². The third-order valence-electron chi connectivity index (χ3n) is 1.88. The van der Waals surface area contributed by atoms with Crippen molar-refractivity contribution in [2.75, 3.05) is 19.6 Å². The molecule has 1 aliphatic rings. The number of halogens is 1. The molecule has 1 aliphatic heterocycles. The standard InChI is InChI=1S/C8H12BrN/c9-5-1-2-6-10-7-3-4-8-10/h2,5H,3-4,6-8H2/p+1. The van der Waals surface area contributed by atoms with E-state index < -0.39 is 0 Å². The lowest BCUT2D eigenvalue weighted by molar-refractivity contribution is -0.881. The lowest BCUT2D eigenvalue weighted by atomic mass is 10.4. The third-order valence-corrected chi connectivity index (χ3v) is 2.15. The third kappa shape index (κ3) is 2.70. The molecule has 0 saturated carbocycles. The van der Waals surface area contributed by atoms with Gasteiger partial charge in [0, 0.05) is 23.9 Å². The molecule has 0 aromatic heterocycles. The van der Waals surface area contributed by atoms with Crippen molar-refractivity contribution in [3.63, 3.8) is 0 Å². The fourth-order valence-electron chi connectivity index (χ4n) is 1.33. The van der Waals surface area contributed by atoms with Gasteiger partial charge in [-0.15, -0.1) is 5.73 Å². The van der Waals surface area contributed by atoms with Gasteiger partial charge in [-0.1, -0.05) is 15.9 Å². The first-order chi connectivity index (χ1) is 4.93. The van der Waals surface area contributed by atoms with Gasteiger partial charge in [-0.25, -0.2) is 0 Å². The molecule has 0 atom stereocenters. The molecule has 0 spiro atoms.